The van der Waals surface area contributed by atoms with Crippen LogP contribution in [0.5, 0.6) is 11.5 Å². The Hall–Kier alpha value is -4.12. The number of aryl methyl sites for hydroxylation is 1. The normalized spacial score (nSPS) is 20.8. The number of methoxy groups -OCH3 is 1. The number of ether oxygens (including phenoxy) is 2. The Morgan fingerprint density at radius 1 is 1.00 bits per heavy atom. The van der Waals surface area contributed by atoms with Crippen molar-refractivity contribution >= 4 is 28.9 Å². The van der Waals surface area contributed by atoms with Crippen LogP contribution in [0.3, 0.4) is 0 Å². The Balaban J connectivity index is 1.28. The van der Waals surface area contributed by atoms with E-state index in [-0.39, 0.29) is 48.1 Å². The minimum absolute atomic E-state index is 0.128. The molecule has 3 aliphatic heterocycles. The SMILES string of the molecule is COc1ccc(CN2C(=O)CCC(c3ccc4[nH]c(=O)n(C)c4c3OC(=O)N3CCC4(CCNCC4)CC3)C2=O)cc1. The number of imidazole rings is 1. The summed E-state index contributed by atoms with van der Waals surface area (Å²) in [5, 5.41) is 3.42. The molecule has 1 spiro atoms. The molecule has 6 rings (SSSR count). The molecule has 11 nitrogen and oxygen atoms in total. The Morgan fingerprint density at radius 2 is 1.71 bits per heavy atom. The van der Waals surface area contributed by atoms with Gasteiger partial charge < -0.3 is 24.7 Å². The number of carbonyl (C=O) groups is 3. The van der Waals surface area contributed by atoms with Crippen molar-refractivity contribution in [3.8, 4) is 11.5 Å². The third-order valence-corrected chi connectivity index (χ3v) is 9.37. The van der Waals surface area contributed by atoms with E-state index in [1.54, 1.807) is 43.3 Å². The van der Waals surface area contributed by atoms with Crippen molar-refractivity contribution in [3.63, 3.8) is 0 Å². The van der Waals surface area contributed by atoms with Gasteiger partial charge in [-0.3, -0.25) is 19.1 Å². The number of fused-ring (bicyclic) bond motifs is 1. The molecule has 42 heavy (non-hydrogen) atoms. The number of rotatable bonds is 5. The summed E-state index contributed by atoms with van der Waals surface area (Å²) in [6.07, 6.45) is 4.04. The first-order valence-electron chi connectivity index (χ1n) is 14.6. The number of likely N-dealkylation sites (tertiary alicyclic amines) is 2. The molecule has 3 aromatic rings. The average molecular weight is 576 g/mol. The first-order chi connectivity index (χ1) is 20.3. The third-order valence-electron chi connectivity index (χ3n) is 9.37. The smallest absolute Gasteiger partial charge is 0.415 e. The second kappa shape index (κ2) is 11.3. The maximum Gasteiger partial charge on any atom is 0.415 e. The zero-order valence-corrected chi connectivity index (χ0v) is 24.1. The van der Waals surface area contributed by atoms with E-state index in [1.807, 2.05) is 12.1 Å². The van der Waals surface area contributed by atoms with E-state index in [0.717, 1.165) is 44.3 Å². The van der Waals surface area contributed by atoms with E-state index in [9.17, 15) is 19.2 Å². The maximum atomic E-state index is 13.8. The number of aromatic nitrogens is 2. The first kappa shape index (κ1) is 28.0. The lowest BCUT2D eigenvalue weighted by molar-refractivity contribution is -0.150. The van der Waals surface area contributed by atoms with Crippen molar-refractivity contribution in [2.75, 3.05) is 33.3 Å². The first-order valence-corrected chi connectivity index (χ1v) is 14.6. The van der Waals surface area contributed by atoms with Gasteiger partial charge in [-0.1, -0.05) is 18.2 Å². The number of aromatic amines is 1. The second-order valence-electron chi connectivity index (χ2n) is 11.7. The average Bonchev–Trinajstić information content (AvgIpc) is 3.30. The third kappa shape index (κ3) is 5.17. The van der Waals surface area contributed by atoms with Crippen LogP contribution in [0, 0.1) is 5.41 Å². The van der Waals surface area contributed by atoms with Crippen molar-refractivity contribution in [1.82, 2.24) is 24.7 Å². The summed E-state index contributed by atoms with van der Waals surface area (Å²) >= 11 is 0. The highest BCUT2D eigenvalue weighted by Gasteiger charge is 2.40. The molecule has 222 valence electrons. The topological polar surface area (TPSA) is 126 Å². The van der Waals surface area contributed by atoms with Gasteiger partial charge in [0.2, 0.25) is 11.8 Å². The van der Waals surface area contributed by atoms with E-state index in [0.29, 0.717) is 35.4 Å². The maximum absolute atomic E-state index is 13.8. The van der Waals surface area contributed by atoms with Crippen LogP contribution in [-0.2, 0) is 23.2 Å². The van der Waals surface area contributed by atoms with Gasteiger partial charge in [0.25, 0.3) is 0 Å². The Labute approximate surface area is 243 Å². The van der Waals surface area contributed by atoms with Gasteiger partial charge >= 0.3 is 11.8 Å². The Kier molecular flexibility index (Phi) is 7.53. The summed E-state index contributed by atoms with van der Waals surface area (Å²) in [5.74, 6) is -0.439. The van der Waals surface area contributed by atoms with E-state index < -0.39 is 12.0 Å². The predicted octanol–water partition coefficient (Wildman–Crippen LogP) is 3.27. The van der Waals surface area contributed by atoms with Gasteiger partial charge in [-0.05, 0) is 74.4 Å². The van der Waals surface area contributed by atoms with Crippen molar-refractivity contribution in [1.29, 1.82) is 0 Å². The molecule has 1 atom stereocenters. The summed E-state index contributed by atoms with van der Waals surface area (Å²) in [6, 6.07) is 10.7. The molecular formula is C31H37N5O6. The van der Waals surface area contributed by atoms with Gasteiger partial charge in [0.05, 0.1) is 25.1 Å². The highest BCUT2D eigenvalue weighted by molar-refractivity contribution is 6.02. The molecule has 0 aliphatic carbocycles. The monoisotopic (exact) mass is 575 g/mol. The largest absolute Gasteiger partial charge is 0.497 e. The lowest BCUT2D eigenvalue weighted by atomic mass is 9.72. The summed E-state index contributed by atoms with van der Waals surface area (Å²) < 4.78 is 12.7. The van der Waals surface area contributed by atoms with Crippen LogP contribution in [0.1, 0.15) is 55.6 Å². The van der Waals surface area contributed by atoms with Crippen LogP contribution in [0.4, 0.5) is 4.79 Å². The van der Waals surface area contributed by atoms with Crippen LogP contribution in [0.25, 0.3) is 11.0 Å². The summed E-state index contributed by atoms with van der Waals surface area (Å²) in [6.45, 7) is 3.34. The van der Waals surface area contributed by atoms with E-state index in [1.165, 1.54) is 9.47 Å². The fraction of sp³-hybridized carbons (Fsp3) is 0.484. The zero-order chi connectivity index (χ0) is 29.4. The van der Waals surface area contributed by atoms with Gasteiger partial charge in [0, 0.05) is 32.1 Å². The minimum atomic E-state index is -0.711. The lowest BCUT2D eigenvalue weighted by Crippen LogP contribution is -2.48. The molecule has 2 aromatic carbocycles. The molecule has 3 saturated heterocycles. The summed E-state index contributed by atoms with van der Waals surface area (Å²) in [4.78, 5) is 58.7. The number of benzene rings is 2. The molecule has 4 heterocycles. The molecule has 1 aromatic heterocycles. The number of hydrogen-bond donors (Lipinski definition) is 2. The quantitative estimate of drug-likeness (QED) is 0.447. The highest BCUT2D eigenvalue weighted by Crippen LogP contribution is 2.41. The second-order valence-corrected chi connectivity index (χ2v) is 11.7. The fourth-order valence-corrected chi connectivity index (χ4v) is 6.68. The molecule has 1 unspecified atom stereocenters. The number of H-pyrrole nitrogens is 1. The van der Waals surface area contributed by atoms with Crippen molar-refractivity contribution in [2.24, 2.45) is 12.5 Å². The number of nitrogens with zero attached hydrogens (tertiary/aromatic N) is 3. The number of hydrogen-bond acceptors (Lipinski definition) is 7. The number of nitrogens with one attached hydrogen (secondary N) is 2. The van der Waals surface area contributed by atoms with E-state index >= 15 is 0 Å². The minimum Gasteiger partial charge on any atom is -0.497 e. The number of carbonyl (C=O) groups excluding carboxylic acids is 3. The van der Waals surface area contributed by atoms with Gasteiger partial charge in [-0.15, -0.1) is 0 Å². The molecular weight excluding hydrogens is 538 g/mol. The Bertz CT molecular complexity index is 1560. The van der Waals surface area contributed by atoms with E-state index in [2.05, 4.69) is 10.3 Å². The highest BCUT2D eigenvalue weighted by atomic mass is 16.6. The van der Waals surface area contributed by atoms with Gasteiger partial charge in [0.15, 0.2) is 5.75 Å². The van der Waals surface area contributed by atoms with Crippen LogP contribution in [0.15, 0.2) is 41.2 Å². The van der Waals surface area contributed by atoms with Crippen LogP contribution >= 0.6 is 0 Å². The molecule has 0 radical (unpaired) electrons. The zero-order valence-electron chi connectivity index (χ0n) is 24.1. The Morgan fingerprint density at radius 3 is 2.40 bits per heavy atom. The standard InChI is InChI=1S/C31H37N5O6/c1-34-26-24(33-29(34)39)9-7-22(27(26)42-30(40)35-17-13-31(14-18-35)11-15-32-16-12-31)23-8-10-25(37)36(28(23)38)19-20-3-5-21(41-2)6-4-20/h3-7,9,23,32H,8,10-19H2,1-2H3,(H,33,39). The molecule has 0 saturated carbocycles. The molecule has 0 bridgehead atoms. The molecule has 3 amide bonds. The molecule has 3 aliphatic rings. The van der Waals surface area contributed by atoms with E-state index in [4.69, 9.17) is 9.47 Å². The van der Waals surface area contributed by atoms with Crippen molar-refractivity contribution in [3.05, 3.63) is 58.0 Å². The number of piperidine rings is 3. The van der Waals surface area contributed by atoms with Gasteiger partial charge in [-0.2, -0.15) is 0 Å². The van der Waals surface area contributed by atoms with Gasteiger partial charge in [-0.25, -0.2) is 9.59 Å². The number of amides is 3. The lowest BCUT2D eigenvalue weighted by Gasteiger charge is -2.44. The van der Waals surface area contributed by atoms with Crippen LogP contribution < -0.4 is 20.5 Å². The predicted molar refractivity (Wildman–Crippen MR) is 155 cm³/mol. The number of imide groups is 1. The van der Waals surface area contributed by atoms with Crippen LogP contribution in [-0.4, -0.2) is 70.5 Å². The van der Waals surface area contributed by atoms with Crippen LogP contribution in [0.2, 0.25) is 0 Å². The summed E-state index contributed by atoms with van der Waals surface area (Å²) in [7, 11) is 3.18. The molecule has 11 heteroatoms. The fourth-order valence-electron chi connectivity index (χ4n) is 6.68. The van der Waals surface area contributed by atoms with Crippen molar-refractivity contribution in [2.45, 2.75) is 51.0 Å². The van der Waals surface area contributed by atoms with Gasteiger partial charge in [0.1, 0.15) is 11.3 Å². The molecule has 3 fully saturated rings. The molecule has 2 N–H and O–H groups in total. The van der Waals surface area contributed by atoms with Crippen molar-refractivity contribution < 1.29 is 23.9 Å². The summed E-state index contributed by atoms with van der Waals surface area (Å²) in [5.41, 5.74) is 2.14.